The molecule has 0 aliphatic heterocycles. The Bertz CT molecular complexity index is 686. The Morgan fingerprint density at radius 3 is 1.25 bits per heavy atom. The molecule has 0 aromatic heterocycles. The van der Waals surface area contributed by atoms with E-state index in [0.29, 0.717) is 26.4 Å². The van der Waals surface area contributed by atoms with E-state index in [1.807, 2.05) is 60.7 Å². The van der Waals surface area contributed by atoms with Crippen molar-refractivity contribution in [2.75, 3.05) is 67.8 Å². The summed E-state index contributed by atoms with van der Waals surface area (Å²) in [7, 11) is 3.17. The third kappa shape index (κ3) is 17.5. The molecule has 0 amide bonds. The predicted octanol–water partition coefficient (Wildman–Crippen LogP) is 2.32. The number of benzene rings is 2. The fourth-order valence-electron chi connectivity index (χ4n) is 2.76. The maximum absolute atomic E-state index is 8.56. The highest BCUT2D eigenvalue weighted by atomic mass is 16.7. The van der Waals surface area contributed by atoms with Gasteiger partial charge in [0.15, 0.2) is 0 Å². The van der Waals surface area contributed by atoms with E-state index in [0.717, 1.165) is 11.1 Å². The lowest BCUT2D eigenvalue weighted by Gasteiger charge is -2.18. The standard InChI is InChI=1S/C14H22O5.C12H18O5/c1-15-11-17-9-14(10-18-12-16-2)19-8-13-6-4-3-5-7-13;13-9-15-7-12(8-16-10-14)17-6-11-4-2-1-3-5-11/h3-7,14H,8-12H2,1-2H3;1-5,12-14H,6-10H2. The van der Waals surface area contributed by atoms with Crippen molar-refractivity contribution in [3.63, 3.8) is 0 Å². The Hall–Kier alpha value is -1.96. The van der Waals surface area contributed by atoms with Gasteiger partial charge in [-0.1, -0.05) is 60.7 Å². The minimum atomic E-state index is -0.357. The summed E-state index contributed by atoms with van der Waals surface area (Å²) in [5.74, 6) is 0. The molecule has 2 rings (SSSR count). The lowest BCUT2D eigenvalue weighted by Crippen LogP contribution is -2.26. The van der Waals surface area contributed by atoms with E-state index in [9.17, 15) is 0 Å². The number of ether oxygens (including phenoxy) is 8. The van der Waals surface area contributed by atoms with Crippen molar-refractivity contribution in [1.82, 2.24) is 0 Å². The Morgan fingerprint density at radius 1 is 0.556 bits per heavy atom. The lowest BCUT2D eigenvalue weighted by atomic mass is 10.2. The van der Waals surface area contributed by atoms with Crippen LogP contribution in [-0.2, 0) is 51.1 Å². The Labute approximate surface area is 213 Å². The Balaban J connectivity index is 0.000000362. The van der Waals surface area contributed by atoms with E-state index in [-0.39, 0.29) is 52.6 Å². The molecule has 36 heavy (non-hydrogen) atoms. The minimum Gasteiger partial charge on any atom is -0.371 e. The minimum absolute atomic E-state index is 0.148. The van der Waals surface area contributed by atoms with Crippen molar-refractivity contribution in [3.8, 4) is 0 Å². The summed E-state index contributed by atoms with van der Waals surface area (Å²) >= 11 is 0. The third-order valence-electron chi connectivity index (χ3n) is 4.46. The zero-order valence-corrected chi connectivity index (χ0v) is 21.2. The number of aliphatic hydroxyl groups excluding tert-OH is 2. The topological polar surface area (TPSA) is 114 Å². The van der Waals surface area contributed by atoms with Gasteiger partial charge < -0.3 is 48.1 Å². The molecule has 2 N–H and O–H groups in total. The van der Waals surface area contributed by atoms with E-state index in [1.54, 1.807) is 14.2 Å². The highest BCUT2D eigenvalue weighted by Crippen LogP contribution is 2.06. The normalized spacial score (nSPS) is 11.1. The molecule has 0 saturated heterocycles. The van der Waals surface area contributed by atoms with Crippen molar-refractivity contribution >= 4 is 0 Å². The fraction of sp³-hybridized carbons (Fsp3) is 0.538. The lowest BCUT2D eigenvalue weighted by molar-refractivity contribution is -0.123. The van der Waals surface area contributed by atoms with Crippen LogP contribution in [0, 0.1) is 0 Å². The van der Waals surface area contributed by atoms with Crippen LogP contribution < -0.4 is 0 Å². The molecule has 0 radical (unpaired) electrons. The van der Waals surface area contributed by atoms with Gasteiger partial charge in [0.1, 0.15) is 39.4 Å². The molecule has 0 aliphatic rings. The second kappa shape index (κ2) is 23.4. The van der Waals surface area contributed by atoms with E-state index in [4.69, 9.17) is 48.1 Å². The summed E-state index contributed by atoms with van der Waals surface area (Å²) in [5, 5.41) is 17.1. The van der Waals surface area contributed by atoms with Crippen LogP contribution in [0.3, 0.4) is 0 Å². The molecule has 0 atom stereocenters. The molecule has 0 saturated carbocycles. The number of hydrogen-bond donors (Lipinski definition) is 2. The van der Waals surface area contributed by atoms with Gasteiger partial charge in [-0.25, -0.2) is 0 Å². The maximum Gasteiger partial charge on any atom is 0.146 e. The molecule has 0 heterocycles. The van der Waals surface area contributed by atoms with Crippen molar-refractivity contribution < 1.29 is 48.1 Å². The number of aliphatic hydroxyl groups is 2. The van der Waals surface area contributed by atoms with Gasteiger partial charge in [0.05, 0.1) is 39.6 Å². The average Bonchev–Trinajstić information content (AvgIpc) is 2.92. The number of methoxy groups -OCH3 is 2. The molecule has 0 spiro atoms. The summed E-state index contributed by atoms with van der Waals surface area (Å²) < 4.78 is 41.3. The smallest absolute Gasteiger partial charge is 0.146 e. The van der Waals surface area contributed by atoms with Gasteiger partial charge in [-0.2, -0.15) is 0 Å². The Kier molecular flexibility index (Phi) is 20.9. The van der Waals surface area contributed by atoms with Gasteiger partial charge in [-0.05, 0) is 11.1 Å². The molecule has 10 nitrogen and oxygen atoms in total. The summed E-state index contributed by atoms with van der Waals surface area (Å²) in [6.07, 6.45) is -0.458. The number of hydrogen-bond acceptors (Lipinski definition) is 10. The second-order valence-corrected chi connectivity index (χ2v) is 7.39. The van der Waals surface area contributed by atoms with Gasteiger partial charge >= 0.3 is 0 Å². The van der Waals surface area contributed by atoms with Gasteiger partial charge in [-0.3, -0.25) is 0 Å². The molecule has 10 heteroatoms. The highest BCUT2D eigenvalue weighted by Gasteiger charge is 2.11. The van der Waals surface area contributed by atoms with E-state index in [2.05, 4.69) is 0 Å². The molecule has 0 aliphatic carbocycles. The van der Waals surface area contributed by atoms with Gasteiger partial charge in [0.2, 0.25) is 0 Å². The van der Waals surface area contributed by atoms with Crippen LogP contribution in [0.25, 0.3) is 0 Å². The zero-order valence-electron chi connectivity index (χ0n) is 21.2. The first kappa shape index (κ1) is 32.1. The van der Waals surface area contributed by atoms with Gasteiger partial charge in [-0.15, -0.1) is 0 Å². The molecule has 204 valence electrons. The monoisotopic (exact) mass is 512 g/mol. The van der Waals surface area contributed by atoms with Crippen LogP contribution in [0.15, 0.2) is 60.7 Å². The van der Waals surface area contributed by atoms with Crippen molar-refractivity contribution in [3.05, 3.63) is 71.8 Å². The van der Waals surface area contributed by atoms with Crippen LogP contribution in [0.1, 0.15) is 11.1 Å². The molecule has 0 fully saturated rings. The molecule has 0 unspecified atom stereocenters. The average molecular weight is 513 g/mol. The quantitative estimate of drug-likeness (QED) is 0.202. The predicted molar refractivity (Wildman–Crippen MR) is 132 cm³/mol. The van der Waals surface area contributed by atoms with E-state index >= 15 is 0 Å². The third-order valence-corrected chi connectivity index (χ3v) is 4.46. The fourth-order valence-corrected chi connectivity index (χ4v) is 2.76. The van der Waals surface area contributed by atoms with Crippen LogP contribution in [0.4, 0.5) is 0 Å². The first-order chi connectivity index (χ1) is 17.7. The summed E-state index contributed by atoms with van der Waals surface area (Å²) in [4.78, 5) is 0. The summed E-state index contributed by atoms with van der Waals surface area (Å²) in [6, 6.07) is 19.7. The molecule has 2 aromatic carbocycles. The van der Waals surface area contributed by atoms with Crippen molar-refractivity contribution in [1.29, 1.82) is 0 Å². The summed E-state index contributed by atoms with van der Waals surface area (Å²) in [5.41, 5.74) is 2.16. The molecular weight excluding hydrogens is 472 g/mol. The maximum atomic E-state index is 8.56. The number of rotatable bonds is 20. The largest absolute Gasteiger partial charge is 0.371 e. The van der Waals surface area contributed by atoms with Crippen molar-refractivity contribution in [2.45, 2.75) is 25.4 Å². The van der Waals surface area contributed by atoms with Crippen LogP contribution in [0.5, 0.6) is 0 Å². The van der Waals surface area contributed by atoms with Crippen LogP contribution in [-0.4, -0.2) is 90.2 Å². The van der Waals surface area contributed by atoms with Crippen LogP contribution in [0.2, 0.25) is 0 Å². The second-order valence-electron chi connectivity index (χ2n) is 7.39. The van der Waals surface area contributed by atoms with Crippen molar-refractivity contribution in [2.24, 2.45) is 0 Å². The molecule has 0 bridgehead atoms. The van der Waals surface area contributed by atoms with Crippen LogP contribution >= 0.6 is 0 Å². The first-order valence-corrected chi connectivity index (χ1v) is 11.5. The first-order valence-electron chi connectivity index (χ1n) is 11.5. The Morgan fingerprint density at radius 2 is 0.917 bits per heavy atom. The van der Waals surface area contributed by atoms with E-state index in [1.165, 1.54) is 0 Å². The summed E-state index contributed by atoms with van der Waals surface area (Å²) in [6.45, 7) is 2.04. The van der Waals surface area contributed by atoms with Gasteiger partial charge in [0, 0.05) is 14.2 Å². The molecule has 2 aromatic rings. The highest BCUT2D eigenvalue weighted by molar-refractivity contribution is 5.14. The molecular formula is C26H40O10. The SMILES string of the molecule is COCOCC(COCOC)OCc1ccccc1.OCOCC(COCO)OCc1ccccc1. The van der Waals surface area contributed by atoms with Gasteiger partial charge in [0.25, 0.3) is 0 Å². The zero-order chi connectivity index (χ0) is 26.1. The van der Waals surface area contributed by atoms with E-state index < -0.39 is 0 Å².